The van der Waals surface area contributed by atoms with E-state index >= 15 is 0 Å². The van der Waals surface area contributed by atoms with Crippen molar-refractivity contribution in [2.45, 2.75) is 25.8 Å². The largest absolute Gasteiger partial charge is 0.381 e. The summed E-state index contributed by atoms with van der Waals surface area (Å²) in [6.07, 6.45) is 1.73. The lowest BCUT2D eigenvalue weighted by Gasteiger charge is -2.34. The van der Waals surface area contributed by atoms with E-state index in [0.29, 0.717) is 24.5 Å². The number of Topliss-reactive ketones (excluding diaryl/α,β-unsaturated/α-hetero) is 1. The summed E-state index contributed by atoms with van der Waals surface area (Å²) in [6, 6.07) is 4.88. The normalized spacial score (nSPS) is 16.6. The number of para-hydroxylation sites is 1. The molecule has 1 aromatic carbocycles. The molecule has 2 rings (SSSR count). The van der Waals surface area contributed by atoms with Crippen LogP contribution >= 0.6 is 0 Å². The monoisotopic (exact) mass is 251 g/mol. The summed E-state index contributed by atoms with van der Waals surface area (Å²) in [4.78, 5) is 13.5. The quantitative estimate of drug-likeness (QED) is 0.773. The van der Waals surface area contributed by atoms with Gasteiger partial charge >= 0.3 is 0 Å². The zero-order valence-corrected chi connectivity index (χ0v) is 10.8. The smallest absolute Gasteiger partial charge is 0.161 e. The highest BCUT2D eigenvalue weighted by Gasteiger charge is 2.24. The van der Waals surface area contributed by atoms with E-state index in [1.165, 1.54) is 13.0 Å². The molecule has 0 atom stereocenters. The van der Waals surface area contributed by atoms with Gasteiger partial charge in [0.05, 0.1) is 5.69 Å². The van der Waals surface area contributed by atoms with Crippen LogP contribution in [-0.4, -0.2) is 32.1 Å². The first kappa shape index (κ1) is 13.0. The van der Waals surface area contributed by atoms with Gasteiger partial charge in [0.2, 0.25) is 0 Å². The minimum atomic E-state index is -0.336. The Kier molecular flexibility index (Phi) is 3.97. The fraction of sp³-hybridized carbons (Fsp3) is 0.500. The van der Waals surface area contributed by atoms with Crippen LogP contribution in [0.3, 0.4) is 0 Å². The Bertz CT molecular complexity index is 441. The minimum Gasteiger partial charge on any atom is -0.381 e. The number of carbonyl (C=O) groups excluding carboxylic acids is 1. The van der Waals surface area contributed by atoms with Crippen LogP contribution in [0.1, 0.15) is 30.1 Å². The molecule has 1 aromatic rings. The molecule has 1 aliphatic rings. The molecule has 0 spiro atoms. The summed E-state index contributed by atoms with van der Waals surface area (Å²) in [7, 11) is 1.85. The molecule has 0 bridgehead atoms. The number of benzene rings is 1. The van der Waals surface area contributed by atoms with Crippen LogP contribution in [0.25, 0.3) is 0 Å². The number of carbonyl (C=O) groups is 1. The van der Waals surface area contributed by atoms with Crippen molar-refractivity contribution in [1.29, 1.82) is 0 Å². The predicted octanol–water partition coefficient (Wildman–Crippen LogP) is 2.64. The van der Waals surface area contributed by atoms with Gasteiger partial charge in [-0.15, -0.1) is 0 Å². The summed E-state index contributed by atoms with van der Waals surface area (Å²) in [5, 5.41) is 0. The molecule has 0 radical (unpaired) electrons. The van der Waals surface area contributed by atoms with E-state index in [-0.39, 0.29) is 17.6 Å². The molecule has 0 unspecified atom stereocenters. The Morgan fingerprint density at radius 2 is 2.06 bits per heavy atom. The standard InChI is InChI=1S/C14H18FNO2/c1-10(17)12-4-3-5-13(15)14(12)16(2)11-6-8-18-9-7-11/h3-5,11H,6-9H2,1-2H3. The summed E-state index contributed by atoms with van der Waals surface area (Å²) < 4.78 is 19.3. The second kappa shape index (κ2) is 5.48. The molecule has 98 valence electrons. The topological polar surface area (TPSA) is 29.5 Å². The van der Waals surface area contributed by atoms with Gasteiger partial charge in [-0.05, 0) is 31.9 Å². The highest BCUT2D eigenvalue weighted by molar-refractivity contribution is 5.99. The summed E-state index contributed by atoms with van der Waals surface area (Å²) in [6.45, 7) is 2.85. The lowest BCUT2D eigenvalue weighted by atomic mass is 10.0. The van der Waals surface area contributed by atoms with Crippen LogP contribution in [-0.2, 0) is 4.74 Å². The predicted molar refractivity (Wildman–Crippen MR) is 68.6 cm³/mol. The Morgan fingerprint density at radius 3 is 2.67 bits per heavy atom. The summed E-state index contributed by atoms with van der Waals surface area (Å²) in [5.41, 5.74) is 0.862. The highest BCUT2D eigenvalue weighted by atomic mass is 19.1. The third-order valence-corrected chi connectivity index (χ3v) is 3.46. The van der Waals surface area contributed by atoms with Crippen LogP contribution in [0.15, 0.2) is 18.2 Å². The number of anilines is 1. The number of ketones is 1. The molecular weight excluding hydrogens is 233 g/mol. The van der Waals surface area contributed by atoms with Gasteiger partial charge in [-0.1, -0.05) is 6.07 Å². The molecule has 18 heavy (non-hydrogen) atoms. The summed E-state index contributed by atoms with van der Waals surface area (Å²) >= 11 is 0. The average Bonchev–Trinajstić information content (AvgIpc) is 2.38. The van der Waals surface area contributed by atoms with Gasteiger partial charge in [-0.3, -0.25) is 4.79 Å². The van der Waals surface area contributed by atoms with E-state index < -0.39 is 0 Å². The van der Waals surface area contributed by atoms with Crippen LogP contribution in [0.5, 0.6) is 0 Å². The molecule has 1 fully saturated rings. The summed E-state index contributed by atoms with van der Waals surface area (Å²) in [5.74, 6) is -0.444. The van der Waals surface area contributed by atoms with Crippen LogP contribution in [0.4, 0.5) is 10.1 Å². The van der Waals surface area contributed by atoms with Gasteiger partial charge in [0, 0.05) is 31.9 Å². The molecule has 1 heterocycles. The fourth-order valence-corrected chi connectivity index (χ4v) is 2.41. The zero-order chi connectivity index (χ0) is 13.1. The number of halogens is 1. The third kappa shape index (κ3) is 2.53. The minimum absolute atomic E-state index is 0.108. The molecule has 0 amide bonds. The first-order valence-corrected chi connectivity index (χ1v) is 6.21. The maximum Gasteiger partial charge on any atom is 0.161 e. The van der Waals surface area contributed by atoms with Gasteiger partial charge < -0.3 is 9.64 Å². The van der Waals surface area contributed by atoms with Crippen LogP contribution in [0, 0.1) is 5.82 Å². The van der Waals surface area contributed by atoms with E-state index in [1.807, 2.05) is 11.9 Å². The molecule has 0 aromatic heterocycles. The molecule has 1 saturated heterocycles. The molecule has 0 aliphatic carbocycles. The molecule has 0 saturated carbocycles. The number of hydrogen-bond donors (Lipinski definition) is 0. The van der Waals surface area contributed by atoms with Crippen molar-refractivity contribution in [1.82, 2.24) is 0 Å². The maximum atomic E-state index is 14.0. The van der Waals surface area contributed by atoms with E-state index in [2.05, 4.69) is 0 Å². The van der Waals surface area contributed by atoms with Crippen molar-refractivity contribution in [2.75, 3.05) is 25.2 Å². The van der Waals surface area contributed by atoms with Crippen LogP contribution < -0.4 is 4.90 Å². The maximum absolute atomic E-state index is 14.0. The molecule has 0 N–H and O–H groups in total. The van der Waals surface area contributed by atoms with Gasteiger partial charge in [-0.2, -0.15) is 0 Å². The Morgan fingerprint density at radius 1 is 1.39 bits per heavy atom. The number of ether oxygens (including phenoxy) is 1. The van der Waals surface area contributed by atoms with E-state index in [9.17, 15) is 9.18 Å². The average molecular weight is 251 g/mol. The first-order chi connectivity index (χ1) is 8.61. The third-order valence-electron chi connectivity index (χ3n) is 3.46. The van der Waals surface area contributed by atoms with Crippen molar-refractivity contribution >= 4 is 11.5 Å². The Balaban J connectivity index is 2.33. The molecular formula is C14H18FNO2. The second-order valence-corrected chi connectivity index (χ2v) is 4.65. The van der Waals surface area contributed by atoms with E-state index in [1.54, 1.807) is 12.1 Å². The zero-order valence-electron chi connectivity index (χ0n) is 10.8. The second-order valence-electron chi connectivity index (χ2n) is 4.65. The number of hydrogen-bond acceptors (Lipinski definition) is 3. The Hall–Kier alpha value is -1.42. The van der Waals surface area contributed by atoms with E-state index in [4.69, 9.17) is 4.74 Å². The van der Waals surface area contributed by atoms with Crippen molar-refractivity contribution in [3.8, 4) is 0 Å². The van der Waals surface area contributed by atoms with Crippen molar-refractivity contribution in [3.05, 3.63) is 29.6 Å². The Labute approximate surface area is 107 Å². The van der Waals surface area contributed by atoms with Gasteiger partial charge in [0.15, 0.2) is 5.78 Å². The van der Waals surface area contributed by atoms with Crippen molar-refractivity contribution in [2.24, 2.45) is 0 Å². The molecule has 1 aliphatic heterocycles. The lowest BCUT2D eigenvalue weighted by Crippen LogP contribution is -2.37. The van der Waals surface area contributed by atoms with Crippen molar-refractivity contribution < 1.29 is 13.9 Å². The van der Waals surface area contributed by atoms with Gasteiger partial charge in [-0.25, -0.2) is 4.39 Å². The number of nitrogens with zero attached hydrogens (tertiary/aromatic N) is 1. The van der Waals surface area contributed by atoms with Crippen LogP contribution in [0.2, 0.25) is 0 Å². The number of rotatable bonds is 3. The SMILES string of the molecule is CC(=O)c1cccc(F)c1N(C)C1CCOCC1. The lowest BCUT2D eigenvalue weighted by molar-refractivity contribution is 0.0853. The van der Waals surface area contributed by atoms with Gasteiger partial charge in [0.25, 0.3) is 0 Å². The highest BCUT2D eigenvalue weighted by Crippen LogP contribution is 2.28. The van der Waals surface area contributed by atoms with E-state index in [0.717, 1.165) is 12.8 Å². The fourth-order valence-electron chi connectivity index (χ4n) is 2.41. The first-order valence-electron chi connectivity index (χ1n) is 6.21. The van der Waals surface area contributed by atoms with Gasteiger partial charge in [0.1, 0.15) is 5.82 Å². The molecule has 3 nitrogen and oxygen atoms in total. The van der Waals surface area contributed by atoms with Crippen molar-refractivity contribution in [3.63, 3.8) is 0 Å². The molecule has 4 heteroatoms.